The Morgan fingerprint density at radius 3 is 2.61 bits per heavy atom. The second kappa shape index (κ2) is 5.55. The number of amides is 1. The molecule has 0 atom stereocenters. The fraction of sp³-hybridized carbons (Fsp3) is 0.0769. The fourth-order valence-corrected chi connectivity index (χ4v) is 2.09. The fourth-order valence-electron chi connectivity index (χ4n) is 1.34. The lowest BCUT2D eigenvalue weighted by Gasteiger charge is -1.98. The van der Waals surface area contributed by atoms with Crippen LogP contribution in [0.1, 0.15) is 20.1 Å². The van der Waals surface area contributed by atoms with Crippen LogP contribution in [0.15, 0.2) is 41.5 Å². The lowest BCUT2D eigenvalue weighted by Crippen LogP contribution is -2.17. The zero-order valence-corrected chi connectivity index (χ0v) is 10.5. The van der Waals surface area contributed by atoms with Crippen molar-refractivity contribution in [3.8, 4) is 0 Å². The maximum absolute atomic E-state index is 12.7. The van der Waals surface area contributed by atoms with Crippen LogP contribution in [0.4, 0.5) is 4.39 Å². The van der Waals surface area contributed by atoms with E-state index in [9.17, 15) is 9.18 Å². The van der Waals surface area contributed by atoms with E-state index in [2.05, 4.69) is 10.5 Å². The molecule has 1 aromatic carbocycles. The highest BCUT2D eigenvalue weighted by Crippen LogP contribution is 2.12. The Labute approximate surface area is 108 Å². The summed E-state index contributed by atoms with van der Waals surface area (Å²) in [5, 5.41) is 3.85. The van der Waals surface area contributed by atoms with E-state index in [1.165, 1.54) is 29.1 Å². The van der Waals surface area contributed by atoms with Gasteiger partial charge in [-0.2, -0.15) is 5.10 Å². The maximum Gasteiger partial charge on any atom is 0.271 e. The van der Waals surface area contributed by atoms with Crippen LogP contribution in [-0.2, 0) is 0 Å². The Morgan fingerprint density at radius 2 is 2.00 bits per heavy atom. The highest BCUT2D eigenvalue weighted by molar-refractivity contribution is 7.13. The Morgan fingerprint density at radius 1 is 1.28 bits per heavy atom. The van der Waals surface area contributed by atoms with Crippen molar-refractivity contribution in [2.45, 2.75) is 6.92 Å². The van der Waals surface area contributed by atoms with Gasteiger partial charge in [-0.25, -0.2) is 9.82 Å². The average molecular weight is 262 g/mol. The molecule has 1 heterocycles. The Kier molecular flexibility index (Phi) is 3.84. The van der Waals surface area contributed by atoms with E-state index in [0.29, 0.717) is 5.56 Å². The van der Waals surface area contributed by atoms with E-state index < -0.39 is 0 Å². The molecule has 3 nitrogen and oxygen atoms in total. The van der Waals surface area contributed by atoms with Gasteiger partial charge in [0.2, 0.25) is 0 Å². The summed E-state index contributed by atoms with van der Waals surface area (Å²) >= 11 is 1.59. The molecule has 2 aromatic rings. The predicted molar refractivity (Wildman–Crippen MR) is 70.5 cm³/mol. The minimum Gasteiger partial charge on any atom is -0.267 e. The molecule has 0 radical (unpaired) electrons. The van der Waals surface area contributed by atoms with Crippen molar-refractivity contribution in [2.75, 3.05) is 0 Å². The normalized spacial score (nSPS) is 10.8. The Hall–Kier alpha value is -2.01. The monoisotopic (exact) mass is 262 g/mol. The quantitative estimate of drug-likeness (QED) is 0.670. The van der Waals surface area contributed by atoms with Crippen molar-refractivity contribution in [1.29, 1.82) is 0 Å². The molecule has 1 amide bonds. The molecule has 0 unspecified atom stereocenters. The van der Waals surface area contributed by atoms with Gasteiger partial charge in [0.05, 0.1) is 6.21 Å². The van der Waals surface area contributed by atoms with E-state index in [-0.39, 0.29) is 11.7 Å². The number of nitrogens with one attached hydrogen (secondary N) is 1. The minimum atomic E-state index is -0.371. The molecular weight excluding hydrogens is 251 g/mol. The second-order valence-electron chi connectivity index (χ2n) is 3.65. The summed E-state index contributed by atoms with van der Waals surface area (Å²) in [6.07, 6.45) is 1.58. The molecule has 1 aromatic heterocycles. The number of aryl methyl sites for hydroxylation is 1. The van der Waals surface area contributed by atoms with Crippen LogP contribution in [0, 0.1) is 12.7 Å². The molecule has 18 heavy (non-hydrogen) atoms. The zero-order chi connectivity index (χ0) is 13.0. The van der Waals surface area contributed by atoms with E-state index in [1.807, 2.05) is 19.1 Å². The predicted octanol–water partition coefficient (Wildman–Crippen LogP) is 2.96. The van der Waals surface area contributed by atoms with Crippen molar-refractivity contribution in [2.24, 2.45) is 5.10 Å². The molecule has 2 rings (SSSR count). The van der Waals surface area contributed by atoms with E-state index in [1.54, 1.807) is 17.6 Å². The summed E-state index contributed by atoms with van der Waals surface area (Å²) in [7, 11) is 0. The standard InChI is InChI=1S/C13H11FN2OS/c1-9-2-7-12(18-9)8-15-16-13(17)10-3-5-11(14)6-4-10/h2-8H,1H3,(H,16,17)/b15-8+. The van der Waals surface area contributed by atoms with Crippen molar-refractivity contribution in [1.82, 2.24) is 5.43 Å². The lowest BCUT2D eigenvalue weighted by molar-refractivity contribution is 0.0955. The molecule has 0 spiro atoms. The first-order valence-corrected chi connectivity index (χ1v) is 6.12. The summed E-state index contributed by atoms with van der Waals surface area (Å²) in [6.45, 7) is 2.00. The van der Waals surface area contributed by atoms with Crippen LogP contribution < -0.4 is 5.43 Å². The number of carbonyl (C=O) groups is 1. The van der Waals surface area contributed by atoms with Crippen LogP contribution in [0.3, 0.4) is 0 Å². The summed E-state index contributed by atoms with van der Waals surface area (Å²) in [5.41, 5.74) is 2.76. The lowest BCUT2D eigenvalue weighted by atomic mass is 10.2. The number of halogens is 1. The number of thiophene rings is 1. The molecule has 0 bridgehead atoms. The molecule has 0 fully saturated rings. The highest BCUT2D eigenvalue weighted by atomic mass is 32.1. The maximum atomic E-state index is 12.7. The number of hydrogen-bond acceptors (Lipinski definition) is 3. The van der Waals surface area contributed by atoms with Crippen molar-refractivity contribution < 1.29 is 9.18 Å². The average Bonchev–Trinajstić information content (AvgIpc) is 2.76. The molecule has 0 saturated heterocycles. The number of nitrogens with zero attached hydrogens (tertiary/aromatic N) is 1. The molecule has 5 heteroatoms. The Balaban J connectivity index is 1.96. The van der Waals surface area contributed by atoms with Crippen molar-refractivity contribution >= 4 is 23.5 Å². The first kappa shape index (κ1) is 12.4. The van der Waals surface area contributed by atoms with E-state index >= 15 is 0 Å². The number of rotatable bonds is 3. The third-order valence-electron chi connectivity index (χ3n) is 2.23. The topological polar surface area (TPSA) is 41.5 Å². The van der Waals surface area contributed by atoms with Gasteiger partial charge in [0.25, 0.3) is 5.91 Å². The van der Waals surface area contributed by atoms with Crippen LogP contribution in [-0.4, -0.2) is 12.1 Å². The molecular formula is C13H11FN2OS. The number of benzene rings is 1. The van der Waals surface area contributed by atoms with Gasteiger partial charge in [0.1, 0.15) is 5.82 Å². The van der Waals surface area contributed by atoms with Gasteiger partial charge in [-0.1, -0.05) is 0 Å². The van der Waals surface area contributed by atoms with Gasteiger partial charge in [-0.05, 0) is 43.3 Å². The van der Waals surface area contributed by atoms with E-state index in [4.69, 9.17) is 0 Å². The van der Waals surface area contributed by atoms with Gasteiger partial charge < -0.3 is 0 Å². The zero-order valence-electron chi connectivity index (χ0n) is 9.68. The molecule has 1 N–H and O–H groups in total. The number of hydrogen-bond donors (Lipinski definition) is 1. The van der Waals surface area contributed by atoms with Crippen LogP contribution >= 0.6 is 11.3 Å². The van der Waals surface area contributed by atoms with E-state index in [0.717, 1.165) is 4.88 Å². The largest absolute Gasteiger partial charge is 0.271 e. The summed E-state index contributed by atoms with van der Waals surface area (Å²) < 4.78 is 12.7. The Bertz CT molecular complexity index is 575. The summed E-state index contributed by atoms with van der Waals surface area (Å²) in [5.74, 6) is -0.733. The number of carbonyl (C=O) groups excluding carboxylic acids is 1. The van der Waals surface area contributed by atoms with Crippen LogP contribution in [0.5, 0.6) is 0 Å². The van der Waals surface area contributed by atoms with Gasteiger partial charge in [0.15, 0.2) is 0 Å². The van der Waals surface area contributed by atoms with Crippen LogP contribution in [0.25, 0.3) is 0 Å². The highest BCUT2D eigenvalue weighted by Gasteiger charge is 2.03. The molecule has 0 aliphatic heterocycles. The van der Waals surface area contributed by atoms with Gasteiger partial charge in [-0.3, -0.25) is 4.79 Å². The first-order valence-electron chi connectivity index (χ1n) is 5.30. The molecule has 0 saturated carbocycles. The van der Waals surface area contributed by atoms with Gasteiger partial charge in [0, 0.05) is 15.3 Å². The minimum absolute atomic E-state index is 0.362. The SMILES string of the molecule is Cc1ccc(/C=N/NC(=O)c2ccc(F)cc2)s1. The van der Waals surface area contributed by atoms with Crippen molar-refractivity contribution in [3.05, 3.63) is 57.5 Å². The third-order valence-corrected chi connectivity index (χ3v) is 3.16. The van der Waals surface area contributed by atoms with Gasteiger partial charge >= 0.3 is 0 Å². The second-order valence-corrected chi connectivity index (χ2v) is 4.97. The number of hydrazone groups is 1. The summed E-state index contributed by atoms with van der Waals surface area (Å²) in [4.78, 5) is 13.8. The van der Waals surface area contributed by atoms with Crippen LogP contribution in [0.2, 0.25) is 0 Å². The van der Waals surface area contributed by atoms with Gasteiger partial charge in [-0.15, -0.1) is 11.3 Å². The third kappa shape index (κ3) is 3.24. The smallest absolute Gasteiger partial charge is 0.267 e. The molecule has 0 aliphatic rings. The first-order chi connectivity index (χ1) is 8.65. The molecule has 92 valence electrons. The van der Waals surface area contributed by atoms with Crippen molar-refractivity contribution in [3.63, 3.8) is 0 Å². The summed E-state index contributed by atoms with van der Waals surface area (Å²) in [6, 6.07) is 9.20. The molecule has 0 aliphatic carbocycles.